The molecule has 1 unspecified atom stereocenters. The molecule has 0 saturated carbocycles. The second kappa shape index (κ2) is 8.83. The molecule has 1 aliphatic rings. The van der Waals surface area contributed by atoms with Gasteiger partial charge in [0.15, 0.2) is 0 Å². The van der Waals surface area contributed by atoms with Crippen LogP contribution >= 0.6 is 22.9 Å². The molecule has 2 aromatic heterocycles. The monoisotopic (exact) mass is 450 g/mol. The van der Waals surface area contributed by atoms with Gasteiger partial charge < -0.3 is 9.72 Å². The van der Waals surface area contributed by atoms with Gasteiger partial charge in [0, 0.05) is 44.7 Å². The van der Waals surface area contributed by atoms with E-state index >= 15 is 0 Å². The van der Waals surface area contributed by atoms with Gasteiger partial charge in [0.25, 0.3) is 0 Å². The van der Waals surface area contributed by atoms with Gasteiger partial charge in [-0.15, -0.1) is 11.3 Å². The number of fused-ring (bicyclic) bond motifs is 1. The van der Waals surface area contributed by atoms with Crippen molar-refractivity contribution in [2.75, 3.05) is 13.2 Å². The van der Waals surface area contributed by atoms with Gasteiger partial charge in [-0.1, -0.05) is 41.9 Å². The van der Waals surface area contributed by atoms with Crippen LogP contribution in [0.25, 0.3) is 22.2 Å². The number of rotatable bonds is 5. The van der Waals surface area contributed by atoms with Crippen molar-refractivity contribution in [2.24, 2.45) is 10.1 Å². The smallest absolute Gasteiger partial charge is 0.206 e. The highest BCUT2D eigenvalue weighted by molar-refractivity contribution is 7.07. The fourth-order valence-electron chi connectivity index (χ4n) is 3.89. The van der Waals surface area contributed by atoms with Crippen LogP contribution in [0.1, 0.15) is 24.1 Å². The van der Waals surface area contributed by atoms with Crippen LogP contribution in [0.2, 0.25) is 5.02 Å². The molecule has 3 heterocycles. The Kier molecular flexibility index (Phi) is 5.76. The maximum absolute atomic E-state index is 6.10. The number of ether oxygens (including phenoxy) is 1. The third-order valence-electron chi connectivity index (χ3n) is 5.53. The number of H-pyrrole nitrogens is 1. The van der Waals surface area contributed by atoms with E-state index in [2.05, 4.69) is 29.4 Å². The zero-order chi connectivity index (χ0) is 21.2. The summed E-state index contributed by atoms with van der Waals surface area (Å²) >= 11 is 7.69. The molecule has 1 N–H and O–H groups in total. The zero-order valence-corrected chi connectivity index (χ0v) is 18.8. The summed E-state index contributed by atoms with van der Waals surface area (Å²) in [5, 5.41) is 8.84. The number of aromatic amines is 1. The number of hydrogen-bond donors (Lipinski definition) is 1. The molecule has 1 saturated heterocycles. The number of thiazole rings is 1. The summed E-state index contributed by atoms with van der Waals surface area (Å²) in [4.78, 5) is 9.14. The second-order valence-corrected chi connectivity index (χ2v) is 8.92. The lowest BCUT2D eigenvalue weighted by Crippen LogP contribution is -2.17. The molecule has 31 heavy (non-hydrogen) atoms. The van der Waals surface area contributed by atoms with E-state index in [1.54, 1.807) is 11.3 Å². The summed E-state index contributed by atoms with van der Waals surface area (Å²) in [5.74, 6) is 0. The first kappa shape index (κ1) is 20.2. The fourth-order valence-corrected chi connectivity index (χ4v) is 4.86. The van der Waals surface area contributed by atoms with Crippen molar-refractivity contribution >= 4 is 40.1 Å². The van der Waals surface area contributed by atoms with Crippen molar-refractivity contribution in [3.8, 4) is 11.3 Å². The molecule has 0 aliphatic carbocycles. The summed E-state index contributed by atoms with van der Waals surface area (Å²) in [5.41, 5.74) is 5.32. The first-order chi connectivity index (χ1) is 15.2. The average Bonchev–Trinajstić information content (AvgIpc) is 3.50. The van der Waals surface area contributed by atoms with Crippen LogP contribution in [0.4, 0.5) is 0 Å². The van der Waals surface area contributed by atoms with E-state index in [4.69, 9.17) is 26.4 Å². The number of aryl methyl sites for hydroxylation is 1. The lowest BCUT2D eigenvalue weighted by Gasteiger charge is -2.06. The number of halogens is 1. The highest BCUT2D eigenvalue weighted by Crippen LogP contribution is 2.24. The van der Waals surface area contributed by atoms with E-state index in [0.717, 1.165) is 57.7 Å². The molecule has 4 aromatic rings. The standard InChI is InChI=1S/C24H23ClN4OS/c1-16-21(20-6-2-3-7-22(20)28-16)14-27-29-23(17-8-10-18(25)11-9-17)15-31-24(29)26-13-19-5-4-12-30-19/h2-3,6-11,14-15,19,28H,4-5,12-13H2,1H3. The quantitative estimate of drug-likeness (QED) is 0.394. The van der Waals surface area contributed by atoms with Gasteiger partial charge in [-0.05, 0) is 38.0 Å². The van der Waals surface area contributed by atoms with Gasteiger partial charge >= 0.3 is 0 Å². The highest BCUT2D eigenvalue weighted by atomic mass is 35.5. The number of nitrogens with zero attached hydrogens (tertiary/aromatic N) is 3. The molecule has 5 nitrogen and oxygen atoms in total. The summed E-state index contributed by atoms with van der Waals surface area (Å²) in [6.45, 7) is 3.56. The fraction of sp³-hybridized carbons (Fsp3) is 0.250. The number of aromatic nitrogens is 2. The molecule has 7 heteroatoms. The third kappa shape index (κ3) is 4.24. The van der Waals surface area contributed by atoms with Crippen molar-refractivity contribution in [3.05, 3.63) is 75.0 Å². The van der Waals surface area contributed by atoms with Crippen molar-refractivity contribution < 1.29 is 4.74 Å². The van der Waals surface area contributed by atoms with Crippen LogP contribution < -0.4 is 4.80 Å². The SMILES string of the molecule is Cc1[nH]c2ccccc2c1C=Nn1c(-c2ccc(Cl)cc2)csc1=NCC1CCCO1. The van der Waals surface area contributed by atoms with E-state index in [0.29, 0.717) is 11.6 Å². The van der Waals surface area contributed by atoms with E-state index in [1.165, 1.54) is 0 Å². The molecule has 5 rings (SSSR count). The van der Waals surface area contributed by atoms with Crippen molar-refractivity contribution in [1.82, 2.24) is 9.66 Å². The largest absolute Gasteiger partial charge is 0.376 e. The Labute approximate surface area is 189 Å². The van der Waals surface area contributed by atoms with Gasteiger partial charge in [0.05, 0.1) is 24.6 Å². The number of para-hydroxylation sites is 1. The van der Waals surface area contributed by atoms with Crippen LogP contribution in [0.5, 0.6) is 0 Å². The molecule has 1 fully saturated rings. The molecule has 158 valence electrons. The van der Waals surface area contributed by atoms with Gasteiger partial charge in [0.1, 0.15) is 0 Å². The number of benzene rings is 2. The molecule has 0 spiro atoms. The molecule has 0 amide bonds. The number of nitrogens with one attached hydrogen (secondary N) is 1. The molecular weight excluding hydrogens is 428 g/mol. The molecule has 1 aliphatic heterocycles. The second-order valence-electron chi connectivity index (χ2n) is 7.65. The van der Waals surface area contributed by atoms with Gasteiger partial charge in [0.2, 0.25) is 4.80 Å². The summed E-state index contributed by atoms with van der Waals surface area (Å²) in [6.07, 6.45) is 4.30. The lowest BCUT2D eigenvalue weighted by atomic mass is 10.1. The van der Waals surface area contributed by atoms with Crippen LogP contribution in [-0.2, 0) is 4.74 Å². The number of hydrogen-bond acceptors (Lipinski definition) is 4. The average molecular weight is 451 g/mol. The van der Waals surface area contributed by atoms with Crippen LogP contribution in [0, 0.1) is 6.92 Å². The minimum atomic E-state index is 0.203. The van der Waals surface area contributed by atoms with Crippen LogP contribution in [0.3, 0.4) is 0 Å². The summed E-state index contributed by atoms with van der Waals surface area (Å²) < 4.78 is 7.67. The molecule has 0 bridgehead atoms. The van der Waals surface area contributed by atoms with Crippen molar-refractivity contribution in [3.63, 3.8) is 0 Å². The maximum Gasteiger partial charge on any atom is 0.206 e. The zero-order valence-electron chi connectivity index (χ0n) is 17.2. The predicted molar refractivity (Wildman–Crippen MR) is 128 cm³/mol. The maximum atomic E-state index is 6.10. The van der Waals surface area contributed by atoms with E-state index in [9.17, 15) is 0 Å². The van der Waals surface area contributed by atoms with Crippen LogP contribution in [0.15, 0.2) is 64.0 Å². The topological polar surface area (TPSA) is 54.7 Å². The van der Waals surface area contributed by atoms with E-state index in [1.807, 2.05) is 47.3 Å². The lowest BCUT2D eigenvalue weighted by molar-refractivity contribution is 0.117. The minimum absolute atomic E-state index is 0.203. The molecule has 0 radical (unpaired) electrons. The first-order valence-electron chi connectivity index (χ1n) is 10.4. The van der Waals surface area contributed by atoms with Gasteiger partial charge in [-0.2, -0.15) is 5.10 Å². The minimum Gasteiger partial charge on any atom is -0.376 e. The predicted octanol–water partition coefficient (Wildman–Crippen LogP) is 5.62. The Hall–Kier alpha value is -2.67. The van der Waals surface area contributed by atoms with Crippen molar-refractivity contribution in [2.45, 2.75) is 25.9 Å². The first-order valence-corrected chi connectivity index (χ1v) is 11.6. The van der Waals surface area contributed by atoms with E-state index < -0.39 is 0 Å². The Balaban J connectivity index is 1.58. The van der Waals surface area contributed by atoms with Gasteiger partial charge in [-0.25, -0.2) is 4.68 Å². The Morgan fingerprint density at radius 2 is 2.06 bits per heavy atom. The molecular formula is C24H23ClN4OS. The van der Waals surface area contributed by atoms with Crippen LogP contribution in [-0.4, -0.2) is 35.1 Å². The highest BCUT2D eigenvalue weighted by Gasteiger charge is 2.15. The Morgan fingerprint density at radius 3 is 2.87 bits per heavy atom. The summed E-state index contributed by atoms with van der Waals surface area (Å²) in [7, 11) is 0. The Bertz CT molecular complexity index is 1290. The normalized spacial score (nSPS) is 17.4. The van der Waals surface area contributed by atoms with Gasteiger partial charge in [-0.3, -0.25) is 4.99 Å². The summed E-state index contributed by atoms with van der Waals surface area (Å²) in [6, 6.07) is 16.1. The Morgan fingerprint density at radius 1 is 1.23 bits per heavy atom. The van der Waals surface area contributed by atoms with Crippen molar-refractivity contribution in [1.29, 1.82) is 0 Å². The third-order valence-corrected chi connectivity index (χ3v) is 6.63. The molecule has 1 atom stereocenters. The van der Waals surface area contributed by atoms with E-state index in [-0.39, 0.29) is 6.10 Å². The molecule has 2 aromatic carbocycles.